The van der Waals surface area contributed by atoms with E-state index in [0.717, 1.165) is 61.4 Å². The molecule has 1 aliphatic rings. The number of hydrogen-bond acceptors (Lipinski definition) is 8. The van der Waals surface area contributed by atoms with E-state index in [1.165, 1.54) is 0 Å². The zero-order valence-corrected chi connectivity index (χ0v) is 23.2. The number of hydrogen-bond donors (Lipinski definition) is 0. The van der Waals surface area contributed by atoms with Gasteiger partial charge in [-0.05, 0) is 67.1 Å². The van der Waals surface area contributed by atoms with Crippen LogP contribution in [-0.4, -0.2) is 36.3 Å². The van der Waals surface area contributed by atoms with Crippen molar-refractivity contribution in [1.82, 2.24) is 29.7 Å². The molecule has 0 fully saturated rings. The van der Waals surface area contributed by atoms with Crippen molar-refractivity contribution < 1.29 is 13.6 Å². The lowest BCUT2D eigenvalue weighted by atomic mass is 10.1. The fourth-order valence-corrected chi connectivity index (χ4v) is 5.90. The van der Waals surface area contributed by atoms with Crippen LogP contribution in [0.15, 0.2) is 119 Å². The van der Waals surface area contributed by atoms with E-state index in [2.05, 4.69) is 50.1 Å². The fraction of sp³-hybridized carbons (Fsp3) is 0.0571. The predicted molar refractivity (Wildman–Crippen MR) is 168 cm³/mol. The van der Waals surface area contributed by atoms with Crippen LogP contribution in [0.4, 0.5) is 0 Å². The first kappa shape index (κ1) is 24.5. The number of furan rings is 2. The lowest BCUT2D eigenvalue weighted by Crippen LogP contribution is -2.04. The molecule has 0 aliphatic carbocycles. The second-order valence-corrected chi connectivity index (χ2v) is 10.5. The minimum absolute atomic E-state index is 0.437. The third-order valence-corrected chi connectivity index (χ3v) is 7.89. The summed E-state index contributed by atoms with van der Waals surface area (Å²) < 4.78 is 20.1. The number of para-hydroxylation sites is 1. The summed E-state index contributed by atoms with van der Waals surface area (Å²) in [7, 11) is 0. The minimum Gasteiger partial charge on any atom is -0.489 e. The number of fused-ring (bicyclic) bond motifs is 7. The largest absolute Gasteiger partial charge is 0.489 e. The molecule has 0 radical (unpaired) electrons. The molecule has 0 saturated carbocycles. The summed E-state index contributed by atoms with van der Waals surface area (Å²) in [5.41, 5.74) is 5.45. The average molecular weight is 575 g/mol. The third-order valence-electron chi connectivity index (χ3n) is 7.89. The molecule has 44 heavy (non-hydrogen) atoms. The van der Waals surface area contributed by atoms with Gasteiger partial charge >= 0.3 is 0 Å². The first-order valence-corrected chi connectivity index (χ1v) is 14.3. The Hall–Kier alpha value is -6.09. The second-order valence-electron chi connectivity index (χ2n) is 10.5. The number of allylic oxidation sites excluding steroid dienone is 2. The number of ether oxygens (including phenoxy) is 1. The van der Waals surface area contributed by atoms with Gasteiger partial charge in [0.25, 0.3) is 0 Å². The highest BCUT2D eigenvalue weighted by atomic mass is 16.5. The molecular formula is C35H22N6O3. The van der Waals surface area contributed by atoms with Crippen LogP contribution < -0.4 is 0 Å². The molecule has 8 aromatic rings. The lowest BCUT2D eigenvalue weighted by Gasteiger charge is -2.11. The molecule has 0 unspecified atom stereocenters. The highest BCUT2D eigenvalue weighted by Gasteiger charge is 2.20. The van der Waals surface area contributed by atoms with Crippen LogP contribution in [0.3, 0.4) is 0 Å². The molecule has 9 heteroatoms. The van der Waals surface area contributed by atoms with Crippen molar-refractivity contribution in [1.29, 1.82) is 0 Å². The summed E-state index contributed by atoms with van der Waals surface area (Å²) in [5.74, 6) is 2.55. The van der Waals surface area contributed by atoms with Crippen molar-refractivity contribution >= 4 is 49.5 Å². The van der Waals surface area contributed by atoms with Gasteiger partial charge in [-0.25, -0.2) is 15.0 Å². The molecule has 0 saturated heterocycles. The highest BCUT2D eigenvalue weighted by Crippen LogP contribution is 2.40. The van der Waals surface area contributed by atoms with Crippen molar-refractivity contribution in [2.24, 2.45) is 0 Å². The highest BCUT2D eigenvalue weighted by molar-refractivity contribution is 6.24. The first-order chi connectivity index (χ1) is 21.8. The molecule has 0 atom stereocenters. The maximum atomic E-state index is 6.24. The first-order valence-electron chi connectivity index (χ1n) is 14.3. The van der Waals surface area contributed by atoms with Crippen LogP contribution in [0.2, 0.25) is 0 Å². The van der Waals surface area contributed by atoms with Crippen molar-refractivity contribution in [3.8, 4) is 28.7 Å². The molecule has 3 aromatic carbocycles. The molecule has 9 rings (SSSR count). The number of nitrogens with zero attached hydrogens (tertiary/aromatic N) is 6. The van der Waals surface area contributed by atoms with E-state index in [9.17, 15) is 0 Å². The van der Waals surface area contributed by atoms with Gasteiger partial charge in [-0.1, -0.05) is 30.4 Å². The molecule has 0 bridgehead atoms. The molecule has 5 aromatic heterocycles. The Labute approximate surface area is 249 Å². The molecule has 6 heterocycles. The lowest BCUT2D eigenvalue weighted by molar-refractivity contribution is 0.283. The van der Waals surface area contributed by atoms with Crippen LogP contribution >= 0.6 is 0 Å². The fourth-order valence-electron chi connectivity index (χ4n) is 5.90. The van der Waals surface area contributed by atoms with Gasteiger partial charge < -0.3 is 18.1 Å². The molecule has 210 valence electrons. The van der Waals surface area contributed by atoms with Gasteiger partial charge in [0.1, 0.15) is 11.2 Å². The van der Waals surface area contributed by atoms with Crippen LogP contribution in [0.5, 0.6) is 0 Å². The smallest absolute Gasteiger partial charge is 0.199 e. The van der Waals surface area contributed by atoms with Gasteiger partial charge in [-0.3, -0.25) is 0 Å². The van der Waals surface area contributed by atoms with Crippen LogP contribution in [0, 0.1) is 0 Å². The Morgan fingerprint density at radius 1 is 0.705 bits per heavy atom. The SMILES string of the molecule is C1=CCCOC(c2nc(-c3ccc(-n4c5cnncc5c5ccc6oc7ccccc7c6c54)cc3)nc(-c3ccco3)n2)=C1. The Kier molecular flexibility index (Phi) is 5.42. The average Bonchev–Trinajstić information content (AvgIpc) is 3.76. The van der Waals surface area contributed by atoms with E-state index in [0.29, 0.717) is 35.6 Å². The normalized spacial score (nSPS) is 13.5. The molecule has 1 aliphatic heterocycles. The second kappa shape index (κ2) is 9.74. The van der Waals surface area contributed by atoms with Gasteiger partial charge in [0, 0.05) is 27.4 Å². The van der Waals surface area contributed by atoms with Crippen molar-refractivity contribution in [2.75, 3.05) is 6.61 Å². The Morgan fingerprint density at radius 2 is 1.57 bits per heavy atom. The summed E-state index contributed by atoms with van der Waals surface area (Å²) in [6.07, 6.45) is 11.9. The summed E-state index contributed by atoms with van der Waals surface area (Å²) in [6, 6.07) is 24.1. The number of benzene rings is 3. The monoisotopic (exact) mass is 574 g/mol. The van der Waals surface area contributed by atoms with Crippen LogP contribution in [0.25, 0.3) is 78.2 Å². The van der Waals surface area contributed by atoms with Crippen molar-refractivity contribution in [2.45, 2.75) is 6.42 Å². The summed E-state index contributed by atoms with van der Waals surface area (Å²) in [4.78, 5) is 14.3. The molecule has 0 amide bonds. The molecule has 0 spiro atoms. The zero-order chi connectivity index (χ0) is 29.0. The molecule has 9 nitrogen and oxygen atoms in total. The van der Waals surface area contributed by atoms with E-state index < -0.39 is 0 Å². The third kappa shape index (κ3) is 3.83. The van der Waals surface area contributed by atoms with E-state index in [4.69, 9.17) is 23.5 Å². The maximum Gasteiger partial charge on any atom is 0.199 e. The summed E-state index contributed by atoms with van der Waals surface area (Å²) in [6.45, 7) is 0.552. The van der Waals surface area contributed by atoms with E-state index >= 15 is 0 Å². The molecule has 0 N–H and O–H groups in total. The van der Waals surface area contributed by atoms with Crippen molar-refractivity contribution in [3.63, 3.8) is 0 Å². The van der Waals surface area contributed by atoms with E-state index in [-0.39, 0.29) is 0 Å². The number of aromatic nitrogens is 6. The predicted octanol–water partition coefficient (Wildman–Crippen LogP) is 7.90. The quantitative estimate of drug-likeness (QED) is 0.209. The Balaban J connectivity index is 1.23. The van der Waals surface area contributed by atoms with E-state index in [1.54, 1.807) is 12.5 Å². The Bertz CT molecular complexity index is 2420. The maximum absolute atomic E-state index is 6.24. The molecular weight excluding hydrogens is 552 g/mol. The van der Waals surface area contributed by atoms with Gasteiger partial charge in [0.05, 0.1) is 41.7 Å². The Morgan fingerprint density at radius 3 is 2.48 bits per heavy atom. The minimum atomic E-state index is 0.437. The van der Waals surface area contributed by atoms with Crippen LogP contribution in [0.1, 0.15) is 12.2 Å². The summed E-state index contributed by atoms with van der Waals surface area (Å²) >= 11 is 0. The van der Waals surface area contributed by atoms with Crippen LogP contribution in [-0.2, 0) is 4.74 Å². The topological polar surface area (TPSA) is 105 Å². The van der Waals surface area contributed by atoms with Gasteiger partial charge in [-0.2, -0.15) is 10.2 Å². The van der Waals surface area contributed by atoms with Gasteiger partial charge in [-0.15, -0.1) is 0 Å². The standard InChI is InChI=1S/C35H22N6O3/c1-2-9-29(42-17-5-1)34-38-33(39-35(40-34)30-10-6-18-43-30)21-11-13-22(14-12-21)41-26-20-37-36-19-25(26)23-15-16-28-31(32(23)41)24-7-3-4-8-27(24)44-28/h1-4,6-16,18-20H,5,17H2. The number of rotatable bonds is 4. The summed E-state index contributed by atoms with van der Waals surface area (Å²) in [5, 5.41) is 12.6. The van der Waals surface area contributed by atoms with Gasteiger partial charge in [0.2, 0.25) is 0 Å². The van der Waals surface area contributed by atoms with E-state index in [1.807, 2.05) is 66.9 Å². The van der Waals surface area contributed by atoms with Gasteiger partial charge in [0.15, 0.2) is 29.0 Å². The van der Waals surface area contributed by atoms with Crippen molar-refractivity contribution in [3.05, 3.63) is 116 Å². The zero-order valence-electron chi connectivity index (χ0n) is 23.2.